The third kappa shape index (κ3) is 7.02. The van der Waals surface area contributed by atoms with Gasteiger partial charge in [-0.15, -0.1) is 5.92 Å². The molecule has 0 aliphatic rings. The number of carboxylic acid groups (broad SMARTS) is 1. The first kappa shape index (κ1) is 17.9. The molecule has 6 heteroatoms. The zero-order valence-electron chi connectivity index (χ0n) is 12.1. The quantitative estimate of drug-likeness (QED) is 0.611. The van der Waals surface area contributed by atoms with Crippen molar-refractivity contribution in [3.63, 3.8) is 0 Å². The van der Waals surface area contributed by atoms with Crippen LogP contribution in [0.25, 0.3) is 0 Å². The minimum atomic E-state index is -4.17. The standard InChI is InChI=1S/C16H17F3O3/c1-2-4-13(11-15(20)21)12-5-7-14(8-6-12)22-10-3-9-16(17,18)19/h5-8,13H,3,9-11H2,1H3,(H,20,21)/t13-/m0/s1. The monoisotopic (exact) mass is 314 g/mol. The Bertz CT molecular complexity index is 538. The first-order valence-electron chi connectivity index (χ1n) is 6.75. The third-order valence-corrected chi connectivity index (χ3v) is 2.85. The van der Waals surface area contributed by atoms with Gasteiger partial charge in [-0.3, -0.25) is 4.79 Å². The highest BCUT2D eigenvalue weighted by Crippen LogP contribution is 2.23. The Morgan fingerprint density at radius 1 is 1.32 bits per heavy atom. The van der Waals surface area contributed by atoms with Gasteiger partial charge in [0.1, 0.15) is 5.75 Å². The summed E-state index contributed by atoms with van der Waals surface area (Å²) < 4.78 is 41.2. The maximum Gasteiger partial charge on any atom is 0.389 e. The second-order valence-corrected chi connectivity index (χ2v) is 4.68. The van der Waals surface area contributed by atoms with E-state index < -0.39 is 24.5 Å². The lowest BCUT2D eigenvalue weighted by atomic mass is 9.96. The summed E-state index contributed by atoms with van der Waals surface area (Å²) in [6, 6.07) is 6.57. The van der Waals surface area contributed by atoms with Crippen LogP contribution in [0, 0.1) is 11.8 Å². The molecule has 0 heterocycles. The van der Waals surface area contributed by atoms with Gasteiger partial charge in [0.15, 0.2) is 0 Å². The topological polar surface area (TPSA) is 46.5 Å². The van der Waals surface area contributed by atoms with Crippen molar-refractivity contribution in [3.8, 4) is 17.6 Å². The van der Waals surface area contributed by atoms with E-state index in [1.807, 2.05) is 0 Å². The summed E-state index contributed by atoms with van der Waals surface area (Å²) in [5, 5.41) is 8.85. The van der Waals surface area contributed by atoms with Crippen LogP contribution < -0.4 is 4.74 Å². The lowest BCUT2D eigenvalue weighted by Crippen LogP contribution is -2.09. The van der Waals surface area contributed by atoms with Gasteiger partial charge in [-0.25, -0.2) is 0 Å². The molecule has 0 saturated carbocycles. The fourth-order valence-corrected chi connectivity index (χ4v) is 1.86. The number of halogens is 3. The highest BCUT2D eigenvalue weighted by Gasteiger charge is 2.26. The Morgan fingerprint density at radius 2 is 1.95 bits per heavy atom. The molecule has 22 heavy (non-hydrogen) atoms. The average molecular weight is 314 g/mol. The maximum atomic E-state index is 12.0. The first-order valence-corrected chi connectivity index (χ1v) is 6.75. The molecule has 0 aliphatic carbocycles. The van der Waals surface area contributed by atoms with Crippen LogP contribution in [-0.4, -0.2) is 23.9 Å². The summed E-state index contributed by atoms with van der Waals surface area (Å²) in [5.41, 5.74) is 0.736. The second-order valence-electron chi connectivity index (χ2n) is 4.68. The van der Waals surface area contributed by atoms with Gasteiger partial charge in [0.05, 0.1) is 18.9 Å². The molecule has 1 rings (SSSR count). The van der Waals surface area contributed by atoms with Crippen LogP contribution in [0.1, 0.15) is 37.7 Å². The number of rotatable bonds is 7. The van der Waals surface area contributed by atoms with Crippen LogP contribution in [0.5, 0.6) is 5.75 Å². The van der Waals surface area contributed by atoms with E-state index in [4.69, 9.17) is 9.84 Å². The molecule has 0 aromatic heterocycles. The van der Waals surface area contributed by atoms with Gasteiger partial charge < -0.3 is 9.84 Å². The zero-order valence-corrected chi connectivity index (χ0v) is 12.1. The van der Waals surface area contributed by atoms with Crippen molar-refractivity contribution in [1.82, 2.24) is 0 Å². The lowest BCUT2D eigenvalue weighted by molar-refractivity contribution is -0.137. The highest BCUT2D eigenvalue weighted by molar-refractivity contribution is 5.69. The van der Waals surface area contributed by atoms with Gasteiger partial charge in [-0.2, -0.15) is 13.2 Å². The molecule has 120 valence electrons. The van der Waals surface area contributed by atoms with Gasteiger partial charge in [-0.05, 0) is 31.0 Å². The Balaban J connectivity index is 2.57. The van der Waals surface area contributed by atoms with E-state index in [2.05, 4.69) is 11.8 Å². The number of hydrogen-bond donors (Lipinski definition) is 1. The Labute approximate surface area is 127 Å². The van der Waals surface area contributed by atoms with Gasteiger partial charge in [0.2, 0.25) is 0 Å². The van der Waals surface area contributed by atoms with Gasteiger partial charge in [0.25, 0.3) is 0 Å². The summed E-state index contributed by atoms with van der Waals surface area (Å²) in [6.45, 7) is 1.61. The van der Waals surface area contributed by atoms with E-state index in [9.17, 15) is 18.0 Å². The molecule has 0 saturated heterocycles. The fourth-order valence-electron chi connectivity index (χ4n) is 1.86. The van der Waals surface area contributed by atoms with Crippen LogP contribution in [-0.2, 0) is 4.79 Å². The molecular formula is C16H17F3O3. The first-order chi connectivity index (χ1) is 10.3. The van der Waals surface area contributed by atoms with Crippen LogP contribution in [0.15, 0.2) is 24.3 Å². The van der Waals surface area contributed by atoms with Crippen molar-refractivity contribution in [2.75, 3.05) is 6.61 Å². The van der Waals surface area contributed by atoms with E-state index in [1.165, 1.54) is 0 Å². The van der Waals surface area contributed by atoms with Crippen molar-refractivity contribution in [2.24, 2.45) is 0 Å². The Kier molecular flexibility index (Phi) is 6.77. The SMILES string of the molecule is CC#C[C@@H](CC(=O)O)c1ccc(OCCCC(F)(F)F)cc1. The summed E-state index contributed by atoms with van der Waals surface area (Å²) in [6.07, 6.45) is -5.26. The second kappa shape index (κ2) is 8.32. The van der Waals surface area contributed by atoms with Crippen molar-refractivity contribution < 1.29 is 27.8 Å². The number of ether oxygens (including phenoxy) is 1. The number of alkyl halides is 3. The molecule has 1 aromatic carbocycles. The molecule has 1 atom stereocenters. The molecule has 0 bridgehead atoms. The number of hydrogen-bond acceptors (Lipinski definition) is 2. The van der Waals surface area contributed by atoms with Crippen molar-refractivity contribution in [1.29, 1.82) is 0 Å². The predicted molar refractivity (Wildman–Crippen MR) is 75.7 cm³/mol. The van der Waals surface area contributed by atoms with E-state index >= 15 is 0 Å². The maximum absolute atomic E-state index is 12.0. The Morgan fingerprint density at radius 3 is 2.45 bits per heavy atom. The number of benzene rings is 1. The van der Waals surface area contributed by atoms with Crippen LogP contribution in [0.3, 0.4) is 0 Å². The molecule has 0 spiro atoms. The van der Waals surface area contributed by atoms with E-state index in [0.29, 0.717) is 5.75 Å². The van der Waals surface area contributed by atoms with Gasteiger partial charge in [0, 0.05) is 6.42 Å². The molecule has 0 fully saturated rings. The van der Waals surface area contributed by atoms with Crippen LogP contribution >= 0.6 is 0 Å². The van der Waals surface area contributed by atoms with Gasteiger partial charge in [-0.1, -0.05) is 18.1 Å². The Hall–Kier alpha value is -2.16. The predicted octanol–water partition coefficient (Wildman–Crippen LogP) is 3.99. The average Bonchev–Trinajstić information content (AvgIpc) is 2.42. The van der Waals surface area contributed by atoms with Crippen molar-refractivity contribution >= 4 is 5.97 Å². The largest absolute Gasteiger partial charge is 0.494 e. The normalized spacial score (nSPS) is 12.2. The molecular weight excluding hydrogens is 297 g/mol. The van der Waals surface area contributed by atoms with E-state index in [-0.39, 0.29) is 19.4 Å². The minimum Gasteiger partial charge on any atom is -0.494 e. The summed E-state index contributed by atoms with van der Waals surface area (Å²) in [7, 11) is 0. The lowest BCUT2D eigenvalue weighted by Gasteiger charge is -2.11. The molecule has 3 nitrogen and oxygen atoms in total. The molecule has 0 aliphatic heterocycles. The van der Waals surface area contributed by atoms with E-state index in [1.54, 1.807) is 31.2 Å². The molecule has 0 unspecified atom stereocenters. The number of aliphatic carboxylic acids is 1. The smallest absolute Gasteiger partial charge is 0.389 e. The van der Waals surface area contributed by atoms with Gasteiger partial charge >= 0.3 is 12.1 Å². The summed E-state index contributed by atoms with van der Waals surface area (Å²) in [4.78, 5) is 10.8. The fraction of sp³-hybridized carbons (Fsp3) is 0.438. The molecule has 0 radical (unpaired) electrons. The minimum absolute atomic E-state index is 0.0217. The molecule has 1 aromatic rings. The molecule has 0 amide bonds. The summed E-state index contributed by atoms with van der Waals surface area (Å²) in [5.74, 6) is 4.60. The number of carboxylic acids is 1. The highest BCUT2D eigenvalue weighted by atomic mass is 19.4. The number of carbonyl (C=O) groups is 1. The molecule has 1 N–H and O–H groups in total. The van der Waals surface area contributed by atoms with E-state index in [0.717, 1.165) is 5.56 Å². The van der Waals surface area contributed by atoms with Crippen LogP contribution in [0.2, 0.25) is 0 Å². The summed E-state index contributed by atoms with van der Waals surface area (Å²) >= 11 is 0. The third-order valence-electron chi connectivity index (χ3n) is 2.85. The van der Waals surface area contributed by atoms with Crippen molar-refractivity contribution in [2.45, 2.75) is 38.3 Å². The van der Waals surface area contributed by atoms with Crippen molar-refractivity contribution in [3.05, 3.63) is 29.8 Å². The van der Waals surface area contributed by atoms with Crippen LogP contribution in [0.4, 0.5) is 13.2 Å². The zero-order chi connectivity index (χ0) is 16.6.